The molecule has 1 aliphatic rings. The standard InChI is InChI=1S/C14H19NO3/c1-10(2)9-18-14(17)15-12(8-16)7-11-5-3-4-6-13(11)15/h3-6,10,12,16H,7-9H2,1-2H3. The van der Waals surface area contributed by atoms with Gasteiger partial charge in [0.1, 0.15) is 0 Å². The summed E-state index contributed by atoms with van der Waals surface area (Å²) in [6.07, 6.45) is 0.316. The van der Waals surface area contributed by atoms with Crippen LogP contribution in [0.25, 0.3) is 0 Å². The van der Waals surface area contributed by atoms with E-state index < -0.39 is 0 Å². The normalized spacial score (nSPS) is 18.0. The lowest BCUT2D eigenvalue weighted by molar-refractivity contribution is 0.135. The summed E-state index contributed by atoms with van der Waals surface area (Å²) in [6.45, 7) is 4.34. The molecule has 1 heterocycles. The first-order valence-electron chi connectivity index (χ1n) is 6.28. The van der Waals surface area contributed by atoms with Crippen LogP contribution in [0.5, 0.6) is 0 Å². The van der Waals surface area contributed by atoms with Crippen molar-refractivity contribution in [3.63, 3.8) is 0 Å². The van der Waals surface area contributed by atoms with Crippen molar-refractivity contribution in [2.24, 2.45) is 5.92 Å². The Morgan fingerprint density at radius 1 is 1.50 bits per heavy atom. The van der Waals surface area contributed by atoms with Gasteiger partial charge in [-0.3, -0.25) is 4.90 Å². The summed E-state index contributed by atoms with van der Waals surface area (Å²) in [5, 5.41) is 9.39. The SMILES string of the molecule is CC(C)COC(=O)N1c2ccccc2CC1CO. The van der Waals surface area contributed by atoms with E-state index in [9.17, 15) is 9.90 Å². The number of nitrogens with zero attached hydrogens (tertiary/aromatic N) is 1. The molecule has 1 aromatic carbocycles. The fraction of sp³-hybridized carbons (Fsp3) is 0.500. The van der Waals surface area contributed by atoms with Gasteiger partial charge in [0.15, 0.2) is 0 Å². The summed E-state index contributed by atoms with van der Waals surface area (Å²) in [5.74, 6) is 0.305. The lowest BCUT2D eigenvalue weighted by atomic mass is 10.1. The number of amides is 1. The van der Waals surface area contributed by atoms with Crippen LogP contribution in [0, 0.1) is 5.92 Å². The van der Waals surface area contributed by atoms with Crippen LogP contribution in [0.15, 0.2) is 24.3 Å². The van der Waals surface area contributed by atoms with E-state index in [0.717, 1.165) is 11.3 Å². The molecule has 1 aliphatic heterocycles. The number of aliphatic hydroxyl groups is 1. The maximum Gasteiger partial charge on any atom is 0.414 e. The smallest absolute Gasteiger partial charge is 0.414 e. The number of fused-ring (bicyclic) bond motifs is 1. The third-order valence-electron chi connectivity index (χ3n) is 3.02. The van der Waals surface area contributed by atoms with Crippen LogP contribution >= 0.6 is 0 Å². The van der Waals surface area contributed by atoms with Crippen LogP contribution < -0.4 is 4.90 Å². The van der Waals surface area contributed by atoms with Crippen molar-refractivity contribution in [3.05, 3.63) is 29.8 Å². The number of rotatable bonds is 3. The Hall–Kier alpha value is -1.55. The summed E-state index contributed by atoms with van der Waals surface area (Å²) in [7, 11) is 0. The predicted octanol–water partition coefficient (Wildman–Crippen LogP) is 2.20. The molecule has 0 bridgehead atoms. The van der Waals surface area contributed by atoms with Gasteiger partial charge in [-0.2, -0.15) is 0 Å². The van der Waals surface area contributed by atoms with Gasteiger partial charge in [0.25, 0.3) is 0 Å². The summed E-state index contributed by atoms with van der Waals surface area (Å²) in [4.78, 5) is 13.6. The summed E-state index contributed by atoms with van der Waals surface area (Å²) in [5.41, 5.74) is 1.93. The van der Waals surface area contributed by atoms with E-state index in [0.29, 0.717) is 18.9 Å². The molecule has 0 radical (unpaired) electrons. The van der Waals surface area contributed by atoms with E-state index in [-0.39, 0.29) is 18.7 Å². The molecular weight excluding hydrogens is 230 g/mol. The Kier molecular flexibility index (Phi) is 3.87. The van der Waals surface area contributed by atoms with Crippen molar-refractivity contribution < 1.29 is 14.6 Å². The van der Waals surface area contributed by atoms with Gasteiger partial charge in [-0.05, 0) is 24.0 Å². The molecule has 0 spiro atoms. The molecule has 1 N–H and O–H groups in total. The first kappa shape index (κ1) is 12.9. The Morgan fingerprint density at radius 3 is 2.89 bits per heavy atom. The number of ether oxygens (including phenoxy) is 1. The zero-order valence-electron chi connectivity index (χ0n) is 10.8. The van der Waals surface area contributed by atoms with Crippen molar-refractivity contribution >= 4 is 11.8 Å². The highest BCUT2D eigenvalue weighted by Gasteiger charge is 2.34. The Labute approximate surface area is 107 Å². The zero-order valence-corrected chi connectivity index (χ0v) is 10.8. The summed E-state index contributed by atoms with van der Waals surface area (Å²) in [6, 6.07) is 7.49. The van der Waals surface area contributed by atoms with E-state index in [2.05, 4.69) is 0 Å². The van der Waals surface area contributed by atoms with Gasteiger partial charge in [0.2, 0.25) is 0 Å². The molecule has 98 valence electrons. The number of para-hydroxylation sites is 1. The summed E-state index contributed by atoms with van der Waals surface area (Å²) < 4.78 is 5.25. The maximum atomic E-state index is 12.1. The largest absolute Gasteiger partial charge is 0.449 e. The Bertz CT molecular complexity index is 431. The topological polar surface area (TPSA) is 49.8 Å². The number of aliphatic hydroxyl groups excluding tert-OH is 1. The zero-order chi connectivity index (χ0) is 13.1. The van der Waals surface area contributed by atoms with E-state index in [1.54, 1.807) is 4.90 Å². The number of benzene rings is 1. The number of carbonyl (C=O) groups is 1. The van der Waals surface area contributed by atoms with E-state index in [1.165, 1.54) is 0 Å². The molecule has 2 rings (SSSR count). The third-order valence-corrected chi connectivity index (χ3v) is 3.02. The number of hydrogen-bond acceptors (Lipinski definition) is 3. The molecular formula is C14H19NO3. The quantitative estimate of drug-likeness (QED) is 0.893. The Balaban J connectivity index is 2.16. The lowest BCUT2D eigenvalue weighted by Gasteiger charge is -2.23. The molecule has 1 atom stereocenters. The molecule has 0 saturated heterocycles. The fourth-order valence-electron chi connectivity index (χ4n) is 2.16. The highest BCUT2D eigenvalue weighted by atomic mass is 16.6. The molecule has 1 amide bonds. The maximum absolute atomic E-state index is 12.1. The lowest BCUT2D eigenvalue weighted by Crippen LogP contribution is -2.40. The minimum absolute atomic E-state index is 0.0501. The minimum Gasteiger partial charge on any atom is -0.449 e. The molecule has 0 aliphatic carbocycles. The van der Waals surface area contributed by atoms with Crippen molar-refractivity contribution in [2.75, 3.05) is 18.1 Å². The van der Waals surface area contributed by atoms with Gasteiger partial charge >= 0.3 is 6.09 Å². The van der Waals surface area contributed by atoms with Crippen LogP contribution in [0.1, 0.15) is 19.4 Å². The van der Waals surface area contributed by atoms with Crippen molar-refractivity contribution in [2.45, 2.75) is 26.3 Å². The van der Waals surface area contributed by atoms with Gasteiger partial charge in [-0.25, -0.2) is 4.79 Å². The third kappa shape index (κ3) is 2.48. The second kappa shape index (κ2) is 5.40. The predicted molar refractivity (Wildman–Crippen MR) is 69.7 cm³/mol. The van der Waals surface area contributed by atoms with Crippen LogP contribution in [0.3, 0.4) is 0 Å². The van der Waals surface area contributed by atoms with Gasteiger partial charge in [0, 0.05) is 0 Å². The second-order valence-electron chi connectivity index (χ2n) is 5.01. The van der Waals surface area contributed by atoms with E-state index >= 15 is 0 Å². The van der Waals surface area contributed by atoms with Crippen molar-refractivity contribution in [1.29, 1.82) is 0 Å². The second-order valence-corrected chi connectivity index (χ2v) is 5.01. The van der Waals surface area contributed by atoms with Crippen molar-refractivity contribution in [3.8, 4) is 0 Å². The first-order chi connectivity index (χ1) is 8.63. The summed E-state index contributed by atoms with van der Waals surface area (Å²) >= 11 is 0. The van der Waals surface area contributed by atoms with Gasteiger partial charge < -0.3 is 9.84 Å². The van der Waals surface area contributed by atoms with E-state index in [1.807, 2.05) is 38.1 Å². The van der Waals surface area contributed by atoms with Gasteiger partial charge in [-0.1, -0.05) is 32.0 Å². The molecule has 0 fully saturated rings. The molecule has 4 heteroatoms. The molecule has 0 saturated carbocycles. The average Bonchev–Trinajstić information content (AvgIpc) is 2.74. The molecule has 0 aromatic heterocycles. The number of anilines is 1. The van der Waals surface area contributed by atoms with Crippen LogP contribution in [0.4, 0.5) is 10.5 Å². The van der Waals surface area contributed by atoms with Crippen LogP contribution in [0.2, 0.25) is 0 Å². The van der Waals surface area contributed by atoms with Crippen molar-refractivity contribution in [1.82, 2.24) is 0 Å². The monoisotopic (exact) mass is 249 g/mol. The van der Waals surface area contributed by atoms with Crippen LogP contribution in [-0.2, 0) is 11.2 Å². The van der Waals surface area contributed by atoms with Gasteiger partial charge in [0.05, 0.1) is 24.9 Å². The van der Waals surface area contributed by atoms with Gasteiger partial charge in [-0.15, -0.1) is 0 Å². The molecule has 18 heavy (non-hydrogen) atoms. The molecule has 1 aromatic rings. The molecule has 4 nitrogen and oxygen atoms in total. The minimum atomic E-state index is -0.368. The number of hydrogen-bond donors (Lipinski definition) is 1. The Morgan fingerprint density at radius 2 is 2.22 bits per heavy atom. The fourth-order valence-corrected chi connectivity index (χ4v) is 2.16. The highest BCUT2D eigenvalue weighted by molar-refractivity contribution is 5.91. The number of carbonyl (C=O) groups excluding carboxylic acids is 1. The highest BCUT2D eigenvalue weighted by Crippen LogP contribution is 2.32. The first-order valence-corrected chi connectivity index (χ1v) is 6.28. The molecule has 1 unspecified atom stereocenters. The average molecular weight is 249 g/mol. The van der Waals surface area contributed by atoms with Crippen LogP contribution in [-0.4, -0.2) is 30.5 Å². The van der Waals surface area contributed by atoms with E-state index in [4.69, 9.17) is 4.74 Å².